The van der Waals surface area contributed by atoms with Crippen molar-refractivity contribution in [2.75, 3.05) is 0 Å². The Bertz CT molecular complexity index is 328. The maximum absolute atomic E-state index is 13.0. The van der Waals surface area contributed by atoms with Crippen molar-refractivity contribution in [1.82, 2.24) is 4.98 Å². The second-order valence-corrected chi connectivity index (χ2v) is 2.97. The Morgan fingerprint density at radius 1 is 1.71 bits per heavy atom. The second-order valence-electron chi connectivity index (χ2n) is 2.97. The fraction of sp³-hybridized carbons (Fsp3) is 0.400. The summed E-state index contributed by atoms with van der Waals surface area (Å²) in [6.45, 7) is 3.64. The molecule has 0 radical (unpaired) electrons. The average molecular weight is 197 g/mol. The number of ether oxygens (including phenoxy) is 1. The van der Waals surface area contributed by atoms with Crippen molar-refractivity contribution in [3.8, 4) is 0 Å². The van der Waals surface area contributed by atoms with Gasteiger partial charge in [-0.05, 0) is 25.5 Å². The largest absolute Gasteiger partial charge is 0.459 e. The van der Waals surface area contributed by atoms with E-state index in [-0.39, 0.29) is 11.7 Å². The van der Waals surface area contributed by atoms with Gasteiger partial charge in [0.15, 0.2) is 0 Å². The van der Waals surface area contributed by atoms with Crippen molar-refractivity contribution in [1.29, 1.82) is 0 Å². The van der Waals surface area contributed by atoms with Crippen molar-refractivity contribution in [3.63, 3.8) is 0 Å². The number of carbonyl (C=O) groups is 1. The van der Waals surface area contributed by atoms with E-state index >= 15 is 0 Å². The molecule has 3 nitrogen and oxygen atoms in total. The van der Waals surface area contributed by atoms with Crippen LogP contribution in [0, 0.1) is 5.95 Å². The number of carbonyl (C=O) groups excluding carboxylic acids is 1. The van der Waals surface area contributed by atoms with Crippen LogP contribution in [0.25, 0.3) is 0 Å². The lowest BCUT2D eigenvalue weighted by molar-refractivity contribution is 0.0328. The molecular formula is C10H12FNO2. The lowest BCUT2D eigenvalue weighted by Crippen LogP contribution is -2.15. The summed E-state index contributed by atoms with van der Waals surface area (Å²) in [6, 6.07) is 2.85. The third-order valence-corrected chi connectivity index (χ3v) is 1.86. The zero-order chi connectivity index (χ0) is 10.6. The molecule has 0 saturated heterocycles. The Balaban J connectivity index is 2.75. The lowest BCUT2D eigenvalue weighted by Gasteiger charge is -2.10. The van der Waals surface area contributed by atoms with Gasteiger partial charge in [-0.1, -0.05) is 6.92 Å². The summed E-state index contributed by atoms with van der Waals surface area (Å²) < 4.78 is 17.9. The topological polar surface area (TPSA) is 39.2 Å². The summed E-state index contributed by atoms with van der Waals surface area (Å²) >= 11 is 0. The van der Waals surface area contributed by atoms with Crippen LogP contribution in [-0.4, -0.2) is 17.1 Å². The van der Waals surface area contributed by atoms with Crippen LogP contribution in [-0.2, 0) is 4.74 Å². The molecule has 1 aromatic heterocycles. The van der Waals surface area contributed by atoms with E-state index in [2.05, 4.69) is 4.98 Å². The number of hydrogen-bond donors (Lipinski definition) is 0. The van der Waals surface area contributed by atoms with Gasteiger partial charge in [0, 0.05) is 6.20 Å². The lowest BCUT2D eigenvalue weighted by atomic mass is 10.2. The SMILES string of the molecule is CCC(C)OC(=O)c1cccnc1F. The molecule has 1 aromatic rings. The molecule has 0 fully saturated rings. The first-order valence-corrected chi connectivity index (χ1v) is 4.46. The van der Waals surface area contributed by atoms with Gasteiger partial charge in [-0.15, -0.1) is 0 Å². The number of esters is 1. The van der Waals surface area contributed by atoms with Crippen molar-refractivity contribution < 1.29 is 13.9 Å². The van der Waals surface area contributed by atoms with Gasteiger partial charge in [0.05, 0.1) is 6.10 Å². The predicted molar refractivity (Wildman–Crippen MR) is 49.4 cm³/mol. The van der Waals surface area contributed by atoms with Gasteiger partial charge < -0.3 is 4.74 Å². The highest BCUT2D eigenvalue weighted by atomic mass is 19.1. The molecule has 0 amide bonds. The van der Waals surface area contributed by atoms with E-state index in [9.17, 15) is 9.18 Å². The van der Waals surface area contributed by atoms with Crippen molar-refractivity contribution in [2.24, 2.45) is 0 Å². The molecule has 0 aromatic carbocycles. The van der Waals surface area contributed by atoms with Gasteiger partial charge in [0.2, 0.25) is 5.95 Å². The summed E-state index contributed by atoms with van der Waals surface area (Å²) in [5.41, 5.74) is -0.118. The Morgan fingerprint density at radius 2 is 2.43 bits per heavy atom. The molecule has 0 bridgehead atoms. The van der Waals surface area contributed by atoms with Gasteiger partial charge in [0.1, 0.15) is 5.56 Å². The van der Waals surface area contributed by atoms with E-state index in [1.807, 2.05) is 6.92 Å². The summed E-state index contributed by atoms with van der Waals surface area (Å²) in [6.07, 6.45) is 1.78. The molecule has 0 aliphatic heterocycles. The van der Waals surface area contributed by atoms with Crippen LogP contribution in [0.5, 0.6) is 0 Å². The van der Waals surface area contributed by atoms with Gasteiger partial charge in [-0.25, -0.2) is 9.78 Å². The molecular weight excluding hydrogens is 185 g/mol. The zero-order valence-corrected chi connectivity index (χ0v) is 8.16. The number of nitrogens with zero attached hydrogens (tertiary/aromatic N) is 1. The van der Waals surface area contributed by atoms with Crippen LogP contribution in [0.2, 0.25) is 0 Å². The molecule has 76 valence electrons. The van der Waals surface area contributed by atoms with Gasteiger partial charge in [-0.3, -0.25) is 0 Å². The van der Waals surface area contributed by atoms with E-state index in [1.54, 1.807) is 6.92 Å². The maximum Gasteiger partial charge on any atom is 0.343 e. The third-order valence-electron chi connectivity index (χ3n) is 1.86. The van der Waals surface area contributed by atoms with Crippen molar-refractivity contribution in [2.45, 2.75) is 26.4 Å². The highest BCUT2D eigenvalue weighted by molar-refractivity contribution is 5.89. The molecule has 1 atom stereocenters. The standard InChI is InChI=1S/C10H12FNO2/c1-3-7(2)14-10(13)8-5-4-6-12-9(8)11/h4-7H,3H2,1-2H3. The molecule has 1 rings (SSSR count). The summed E-state index contributed by atoms with van der Waals surface area (Å²) in [5, 5.41) is 0. The number of hydrogen-bond acceptors (Lipinski definition) is 3. The van der Waals surface area contributed by atoms with Crippen LogP contribution < -0.4 is 0 Å². The molecule has 14 heavy (non-hydrogen) atoms. The van der Waals surface area contributed by atoms with Crippen LogP contribution in [0.4, 0.5) is 4.39 Å². The Hall–Kier alpha value is -1.45. The minimum absolute atomic E-state index is 0.118. The first-order valence-electron chi connectivity index (χ1n) is 4.46. The summed E-state index contributed by atoms with van der Waals surface area (Å²) in [7, 11) is 0. The molecule has 0 N–H and O–H groups in total. The molecule has 0 spiro atoms. The Morgan fingerprint density at radius 3 is 3.00 bits per heavy atom. The van der Waals surface area contributed by atoms with Gasteiger partial charge in [-0.2, -0.15) is 4.39 Å². The Labute approximate surface area is 81.9 Å². The van der Waals surface area contributed by atoms with Crippen LogP contribution in [0.3, 0.4) is 0 Å². The average Bonchev–Trinajstić information content (AvgIpc) is 2.18. The summed E-state index contributed by atoms with van der Waals surface area (Å²) in [4.78, 5) is 14.7. The molecule has 4 heteroatoms. The van der Waals surface area contributed by atoms with E-state index in [0.717, 1.165) is 0 Å². The van der Waals surface area contributed by atoms with E-state index in [0.29, 0.717) is 6.42 Å². The minimum Gasteiger partial charge on any atom is -0.459 e. The smallest absolute Gasteiger partial charge is 0.343 e. The van der Waals surface area contributed by atoms with Gasteiger partial charge in [0.25, 0.3) is 0 Å². The highest BCUT2D eigenvalue weighted by Gasteiger charge is 2.15. The van der Waals surface area contributed by atoms with Crippen LogP contribution in [0.1, 0.15) is 30.6 Å². The number of rotatable bonds is 3. The number of pyridine rings is 1. The van der Waals surface area contributed by atoms with E-state index in [4.69, 9.17) is 4.74 Å². The molecule has 0 aliphatic carbocycles. The van der Waals surface area contributed by atoms with Crippen LogP contribution >= 0.6 is 0 Å². The zero-order valence-electron chi connectivity index (χ0n) is 8.16. The Kier molecular flexibility index (Phi) is 3.56. The predicted octanol–water partition coefficient (Wildman–Crippen LogP) is 2.18. The van der Waals surface area contributed by atoms with Crippen LogP contribution in [0.15, 0.2) is 18.3 Å². The quantitative estimate of drug-likeness (QED) is 0.550. The fourth-order valence-corrected chi connectivity index (χ4v) is 0.868. The number of aromatic nitrogens is 1. The summed E-state index contributed by atoms with van der Waals surface area (Å²) in [5.74, 6) is -1.45. The maximum atomic E-state index is 13.0. The second kappa shape index (κ2) is 4.69. The molecule has 0 saturated carbocycles. The molecule has 1 heterocycles. The van der Waals surface area contributed by atoms with Gasteiger partial charge >= 0.3 is 5.97 Å². The van der Waals surface area contributed by atoms with E-state index in [1.165, 1.54) is 18.3 Å². The van der Waals surface area contributed by atoms with Crippen molar-refractivity contribution >= 4 is 5.97 Å². The number of halogens is 1. The van der Waals surface area contributed by atoms with Crippen molar-refractivity contribution in [3.05, 3.63) is 29.8 Å². The van der Waals surface area contributed by atoms with E-state index < -0.39 is 11.9 Å². The third kappa shape index (κ3) is 2.52. The fourth-order valence-electron chi connectivity index (χ4n) is 0.868. The first kappa shape index (κ1) is 10.6. The first-order chi connectivity index (χ1) is 6.65. The normalized spacial score (nSPS) is 12.2. The molecule has 0 aliphatic rings. The minimum atomic E-state index is -0.791. The highest BCUT2D eigenvalue weighted by Crippen LogP contribution is 2.07. The monoisotopic (exact) mass is 197 g/mol. The molecule has 1 unspecified atom stereocenters.